The number of hydrogen-bond donors (Lipinski definition) is 1. The van der Waals surface area contributed by atoms with E-state index < -0.39 is 6.10 Å². The normalized spacial score (nSPS) is 12.3. The minimum absolute atomic E-state index is 0.226. The minimum Gasteiger partial charge on any atom is -0.465 e. The van der Waals surface area contributed by atoms with E-state index in [1.54, 1.807) is 0 Å². The molecule has 0 fully saturated rings. The molecule has 1 N–H and O–H groups in total. The average molecular weight is 902 g/mol. The second-order valence-corrected chi connectivity index (χ2v) is 19.7. The third-order valence-corrected chi connectivity index (χ3v) is 13.5. The van der Waals surface area contributed by atoms with Gasteiger partial charge >= 0.3 is 11.9 Å². The largest absolute Gasteiger partial charge is 0.465 e. The number of aliphatic hydroxyl groups excluding tert-OH is 1. The first-order valence-electron chi connectivity index (χ1n) is 25.8. The highest BCUT2D eigenvalue weighted by Crippen LogP contribution is 2.17. The molecule has 1 unspecified atom stereocenters. The average Bonchev–Trinajstić information content (AvgIpc) is 3.28. The summed E-state index contributed by atoms with van der Waals surface area (Å²) in [6.45, 7) is 6.57. The van der Waals surface area contributed by atoms with Crippen molar-refractivity contribution >= 4 is 35.5 Å². The molecule has 8 heteroatoms. The molecule has 1 atom stereocenters. The van der Waals surface area contributed by atoms with Crippen LogP contribution < -0.4 is 0 Å². The molecular formula is C54H95NO5S2. The van der Waals surface area contributed by atoms with E-state index >= 15 is 0 Å². The van der Waals surface area contributed by atoms with Crippen LogP contribution in [0.2, 0.25) is 0 Å². The van der Waals surface area contributed by atoms with E-state index in [4.69, 9.17) is 9.47 Å². The first-order chi connectivity index (χ1) is 30.6. The van der Waals surface area contributed by atoms with Gasteiger partial charge in [0.25, 0.3) is 0 Å². The minimum atomic E-state index is -0.709. The van der Waals surface area contributed by atoms with E-state index in [1.807, 2.05) is 58.8 Å². The van der Waals surface area contributed by atoms with Crippen molar-refractivity contribution in [2.24, 2.45) is 0 Å². The number of thioether (sulfide) groups is 2. The number of nitrogens with zero attached hydrogens (tertiary/aromatic N) is 1. The van der Waals surface area contributed by atoms with Gasteiger partial charge in [-0.05, 0) is 81.3 Å². The van der Waals surface area contributed by atoms with Gasteiger partial charge in [0.05, 0.1) is 18.9 Å². The van der Waals surface area contributed by atoms with Crippen LogP contribution in [0.3, 0.4) is 0 Å². The summed E-state index contributed by atoms with van der Waals surface area (Å²) in [5.41, 5.74) is 0.820. The molecule has 0 amide bonds. The molecule has 358 valence electrons. The van der Waals surface area contributed by atoms with E-state index in [0.29, 0.717) is 32.8 Å². The second kappa shape index (κ2) is 47.2. The van der Waals surface area contributed by atoms with Crippen molar-refractivity contribution in [1.82, 2.24) is 4.90 Å². The van der Waals surface area contributed by atoms with Gasteiger partial charge in [0.15, 0.2) is 0 Å². The Morgan fingerprint density at radius 1 is 0.516 bits per heavy atom. The monoisotopic (exact) mass is 902 g/mol. The Morgan fingerprint density at radius 2 is 0.871 bits per heavy atom. The van der Waals surface area contributed by atoms with E-state index in [1.165, 1.54) is 180 Å². The molecule has 0 bridgehead atoms. The number of unbranched alkanes of at least 4 members (excludes halogenated alkanes) is 24. The maximum absolute atomic E-state index is 12.6. The lowest BCUT2D eigenvalue weighted by atomic mass is 10.1. The standard InChI is InChI=1S/C54H95NO5S2/c1-3-5-7-9-11-13-15-17-19-21-23-25-27-29-31-36-46-61-48-44-59-53(57)40-42-55(50-52(56)51-38-34-33-35-39-51)43-41-54(58)60-45-49-62-47-37-32-30-28-26-24-22-20-18-16-14-12-10-8-6-4-2/h17-20,33-35,38-39,52,56H,3-16,21-32,36-37,40-50H2,1-2H3/b19-17+,20-18+. The van der Waals surface area contributed by atoms with Crippen molar-refractivity contribution in [3.8, 4) is 0 Å². The quantitative estimate of drug-likeness (QED) is 0.0394. The van der Waals surface area contributed by atoms with Crippen LogP contribution in [-0.2, 0) is 19.1 Å². The van der Waals surface area contributed by atoms with Crippen LogP contribution in [0.1, 0.15) is 218 Å². The Morgan fingerprint density at radius 3 is 1.26 bits per heavy atom. The molecule has 6 nitrogen and oxygen atoms in total. The Hall–Kier alpha value is -1.74. The molecule has 0 aliphatic carbocycles. The highest BCUT2D eigenvalue weighted by molar-refractivity contribution is 7.99. The number of esters is 2. The molecule has 1 aromatic carbocycles. The lowest BCUT2D eigenvalue weighted by Gasteiger charge is -2.24. The number of carbonyl (C=O) groups excluding carboxylic acids is 2. The summed E-state index contributed by atoms with van der Waals surface area (Å²) in [6.07, 6.45) is 46.3. The fraction of sp³-hybridized carbons (Fsp3) is 0.778. The van der Waals surface area contributed by atoms with Crippen molar-refractivity contribution in [3.63, 3.8) is 0 Å². The summed E-state index contributed by atoms with van der Waals surface area (Å²) in [6, 6.07) is 9.54. The molecule has 0 aromatic heterocycles. The van der Waals surface area contributed by atoms with Crippen LogP contribution in [0.25, 0.3) is 0 Å². The first-order valence-corrected chi connectivity index (χ1v) is 28.1. The molecule has 0 heterocycles. The lowest BCUT2D eigenvalue weighted by molar-refractivity contribution is -0.143. The summed E-state index contributed by atoms with van der Waals surface area (Å²) in [5.74, 6) is 3.38. The van der Waals surface area contributed by atoms with Crippen LogP contribution in [0.15, 0.2) is 54.6 Å². The predicted octanol–water partition coefficient (Wildman–Crippen LogP) is 15.4. The number of carbonyl (C=O) groups is 2. The van der Waals surface area contributed by atoms with Crippen LogP contribution >= 0.6 is 23.5 Å². The number of ether oxygens (including phenoxy) is 2. The van der Waals surface area contributed by atoms with E-state index in [9.17, 15) is 14.7 Å². The van der Waals surface area contributed by atoms with Crippen LogP contribution in [0.5, 0.6) is 0 Å². The zero-order valence-corrected chi connectivity index (χ0v) is 41.8. The van der Waals surface area contributed by atoms with Gasteiger partial charge in [0.2, 0.25) is 0 Å². The van der Waals surface area contributed by atoms with Gasteiger partial charge in [-0.1, -0.05) is 184 Å². The molecular weight excluding hydrogens is 807 g/mol. The first kappa shape index (κ1) is 58.3. The summed E-state index contributed by atoms with van der Waals surface area (Å²) in [7, 11) is 0. The molecule has 62 heavy (non-hydrogen) atoms. The second-order valence-electron chi connectivity index (χ2n) is 17.3. The molecule has 1 aromatic rings. The predicted molar refractivity (Wildman–Crippen MR) is 273 cm³/mol. The van der Waals surface area contributed by atoms with Gasteiger partial charge in [-0.3, -0.25) is 14.5 Å². The van der Waals surface area contributed by atoms with Crippen LogP contribution in [-0.4, -0.2) is 77.8 Å². The Bertz CT molecular complexity index is 1100. The molecule has 0 spiro atoms. The SMILES string of the molecule is CCCCCCCC/C=C/CCCCCCCCSCCOC(=O)CCN(CCC(=O)OCCSCCCCCCCC/C=C/CCCCCCCC)CC(O)c1ccccc1. The smallest absolute Gasteiger partial charge is 0.307 e. The number of benzene rings is 1. The summed E-state index contributed by atoms with van der Waals surface area (Å²) < 4.78 is 11.1. The van der Waals surface area contributed by atoms with Crippen LogP contribution in [0.4, 0.5) is 0 Å². The molecule has 0 aliphatic heterocycles. The molecule has 0 aliphatic rings. The molecule has 0 radical (unpaired) electrons. The van der Waals surface area contributed by atoms with Gasteiger partial charge in [-0.25, -0.2) is 0 Å². The van der Waals surface area contributed by atoms with Gasteiger partial charge in [0.1, 0.15) is 13.2 Å². The number of allylic oxidation sites excluding steroid dienone is 4. The third-order valence-electron chi connectivity index (χ3n) is 11.5. The van der Waals surface area contributed by atoms with Crippen molar-refractivity contribution < 1.29 is 24.2 Å². The third kappa shape index (κ3) is 41.0. The van der Waals surface area contributed by atoms with E-state index in [2.05, 4.69) is 38.2 Å². The molecule has 1 rings (SSSR count). The van der Waals surface area contributed by atoms with Crippen molar-refractivity contribution in [3.05, 3.63) is 60.2 Å². The fourth-order valence-corrected chi connectivity index (χ4v) is 9.13. The maximum Gasteiger partial charge on any atom is 0.307 e. The van der Waals surface area contributed by atoms with Crippen LogP contribution in [0, 0.1) is 0 Å². The maximum atomic E-state index is 12.6. The van der Waals surface area contributed by atoms with E-state index in [0.717, 1.165) is 28.6 Å². The molecule has 0 saturated carbocycles. The molecule has 0 saturated heterocycles. The summed E-state index contributed by atoms with van der Waals surface area (Å²) in [5, 5.41) is 10.9. The Balaban J connectivity index is 2.09. The zero-order chi connectivity index (χ0) is 44.7. The Kier molecular flexibility index (Phi) is 44.4. The van der Waals surface area contributed by atoms with Gasteiger partial charge in [-0.15, -0.1) is 0 Å². The summed E-state index contributed by atoms with van der Waals surface area (Å²) in [4.78, 5) is 27.2. The number of rotatable bonds is 47. The van der Waals surface area contributed by atoms with Gasteiger partial charge < -0.3 is 14.6 Å². The topological polar surface area (TPSA) is 76.1 Å². The van der Waals surface area contributed by atoms with Gasteiger partial charge in [-0.2, -0.15) is 23.5 Å². The van der Waals surface area contributed by atoms with Crippen molar-refractivity contribution in [1.29, 1.82) is 0 Å². The van der Waals surface area contributed by atoms with Crippen molar-refractivity contribution in [2.45, 2.75) is 213 Å². The fourth-order valence-electron chi connectivity index (χ4n) is 7.50. The zero-order valence-electron chi connectivity index (χ0n) is 40.2. The highest BCUT2D eigenvalue weighted by atomic mass is 32.2. The van der Waals surface area contributed by atoms with Crippen molar-refractivity contribution in [2.75, 3.05) is 55.9 Å². The lowest BCUT2D eigenvalue weighted by Crippen LogP contribution is -2.33. The summed E-state index contributed by atoms with van der Waals surface area (Å²) >= 11 is 3.72. The Labute approximate surface area is 391 Å². The van der Waals surface area contributed by atoms with Gasteiger partial charge in [0, 0.05) is 31.1 Å². The number of hydrogen-bond acceptors (Lipinski definition) is 8. The van der Waals surface area contributed by atoms with E-state index in [-0.39, 0.29) is 24.8 Å². The number of aliphatic hydroxyl groups is 1. The highest BCUT2D eigenvalue weighted by Gasteiger charge is 2.17.